The van der Waals surface area contributed by atoms with Gasteiger partial charge in [-0.3, -0.25) is 14.2 Å². The van der Waals surface area contributed by atoms with Crippen LogP contribution in [0.5, 0.6) is 11.5 Å². The van der Waals surface area contributed by atoms with Gasteiger partial charge in [0, 0.05) is 19.2 Å². The lowest BCUT2D eigenvalue weighted by Gasteiger charge is -2.35. The molecule has 7 nitrogen and oxygen atoms in total. The summed E-state index contributed by atoms with van der Waals surface area (Å²) >= 11 is 0. The van der Waals surface area contributed by atoms with E-state index >= 15 is 0 Å². The van der Waals surface area contributed by atoms with Gasteiger partial charge in [0.15, 0.2) is 11.5 Å². The fourth-order valence-corrected chi connectivity index (χ4v) is 4.41. The Kier molecular flexibility index (Phi) is 7.00. The van der Waals surface area contributed by atoms with Crippen LogP contribution in [0.4, 0.5) is 13.2 Å². The Bertz CT molecular complexity index is 1250. The number of alkyl halides is 3. The first-order valence-corrected chi connectivity index (χ1v) is 11.3. The van der Waals surface area contributed by atoms with E-state index in [1.165, 1.54) is 25.1 Å². The van der Waals surface area contributed by atoms with E-state index in [1.807, 2.05) is 30.3 Å². The van der Waals surface area contributed by atoms with Crippen LogP contribution in [-0.4, -0.2) is 52.8 Å². The summed E-state index contributed by atoms with van der Waals surface area (Å²) in [7, 11) is 2.67. The van der Waals surface area contributed by atoms with E-state index in [1.54, 1.807) is 12.1 Å². The van der Waals surface area contributed by atoms with Crippen molar-refractivity contribution >= 4 is 16.8 Å². The molecule has 0 spiro atoms. The third kappa shape index (κ3) is 5.41. The third-order valence-corrected chi connectivity index (χ3v) is 6.35. The highest BCUT2D eigenvalue weighted by Crippen LogP contribution is 2.34. The number of halogens is 3. The second kappa shape index (κ2) is 9.97. The number of fused-ring (bicyclic) bond motifs is 1. The van der Waals surface area contributed by atoms with Gasteiger partial charge >= 0.3 is 12.1 Å². The predicted octanol–water partition coefficient (Wildman–Crippen LogP) is 4.16. The van der Waals surface area contributed by atoms with Crippen LogP contribution >= 0.6 is 0 Å². The Hall–Kier alpha value is -3.56. The Morgan fingerprint density at radius 2 is 1.80 bits per heavy atom. The lowest BCUT2D eigenvalue weighted by molar-refractivity contribution is -0.187. The van der Waals surface area contributed by atoms with Gasteiger partial charge in [0.25, 0.3) is 5.56 Å². The number of nitrogens with zero attached hydrogens (tertiary/aromatic N) is 3. The molecule has 0 bridgehead atoms. The molecule has 0 atom stereocenters. The second-order valence-electron chi connectivity index (χ2n) is 8.65. The smallest absolute Gasteiger partial charge is 0.471 e. The van der Waals surface area contributed by atoms with Crippen LogP contribution in [0.1, 0.15) is 31.2 Å². The fourth-order valence-electron chi connectivity index (χ4n) is 4.41. The molecule has 2 aromatic carbocycles. The van der Waals surface area contributed by atoms with E-state index in [0.29, 0.717) is 54.6 Å². The van der Waals surface area contributed by atoms with Crippen molar-refractivity contribution < 1.29 is 27.4 Å². The minimum absolute atomic E-state index is 0.220. The van der Waals surface area contributed by atoms with E-state index in [0.717, 1.165) is 10.5 Å². The van der Waals surface area contributed by atoms with Crippen molar-refractivity contribution in [2.24, 2.45) is 0 Å². The molecule has 186 valence electrons. The van der Waals surface area contributed by atoms with Crippen LogP contribution in [0.2, 0.25) is 0 Å². The topological polar surface area (TPSA) is 73.7 Å². The summed E-state index contributed by atoms with van der Waals surface area (Å²) in [6.45, 7) is 0.374. The first-order chi connectivity index (χ1) is 16.7. The molecule has 1 saturated carbocycles. The monoisotopic (exact) mass is 489 g/mol. The van der Waals surface area contributed by atoms with Gasteiger partial charge in [-0.25, -0.2) is 4.98 Å². The molecule has 1 aliphatic rings. The summed E-state index contributed by atoms with van der Waals surface area (Å²) in [6.07, 6.45) is -1.98. The summed E-state index contributed by atoms with van der Waals surface area (Å²) in [5, 5.41) is 0.378. The van der Waals surface area contributed by atoms with Crippen LogP contribution in [0, 0.1) is 0 Å². The number of ether oxygens (including phenoxy) is 2. The van der Waals surface area contributed by atoms with E-state index in [4.69, 9.17) is 9.47 Å². The molecule has 1 heterocycles. The zero-order valence-corrected chi connectivity index (χ0v) is 19.4. The van der Waals surface area contributed by atoms with E-state index < -0.39 is 18.1 Å². The van der Waals surface area contributed by atoms with Crippen LogP contribution < -0.4 is 15.0 Å². The van der Waals surface area contributed by atoms with Gasteiger partial charge < -0.3 is 14.4 Å². The summed E-state index contributed by atoms with van der Waals surface area (Å²) in [5.41, 5.74) is 1.22. The van der Waals surface area contributed by atoms with Crippen LogP contribution in [0.25, 0.3) is 10.9 Å². The molecule has 3 aromatic rings. The maximum atomic E-state index is 13.1. The summed E-state index contributed by atoms with van der Waals surface area (Å²) in [5.74, 6) is -1.05. The first kappa shape index (κ1) is 24.6. The molecule has 1 fully saturated rings. The SMILES string of the molecule is COc1cc2ncn(Cc3ccccc3)c(=O)c2cc1OC1CCC(N(C)C(=O)C(F)(F)F)CC1. The van der Waals surface area contributed by atoms with E-state index in [-0.39, 0.29) is 11.7 Å². The lowest BCUT2D eigenvalue weighted by atomic mass is 9.92. The van der Waals surface area contributed by atoms with Gasteiger partial charge in [0.2, 0.25) is 0 Å². The third-order valence-electron chi connectivity index (χ3n) is 6.35. The number of aromatic nitrogens is 2. The van der Waals surface area contributed by atoms with Crippen molar-refractivity contribution in [2.45, 2.75) is 50.6 Å². The van der Waals surface area contributed by atoms with Gasteiger partial charge in [0.05, 0.1) is 37.0 Å². The lowest BCUT2D eigenvalue weighted by Crippen LogP contribution is -2.46. The zero-order valence-electron chi connectivity index (χ0n) is 19.4. The van der Waals surface area contributed by atoms with Gasteiger partial charge in [0.1, 0.15) is 0 Å². The average Bonchev–Trinajstić information content (AvgIpc) is 2.85. The molecular weight excluding hydrogens is 463 g/mol. The van der Waals surface area contributed by atoms with Crippen molar-refractivity contribution in [1.82, 2.24) is 14.5 Å². The van der Waals surface area contributed by atoms with Gasteiger partial charge in [-0.15, -0.1) is 0 Å². The quantitative estimate of drug-likeness (QED) is 0.520. The Morgan fingerprint density at radius 1 is 1.11 bits per heavy atom. The van der Waals surface area contributed by atoms with E-state index in [2.05, 4.69) is 4.98 Å². The molecule has 1 amide bonds. The van der Waals surface area contributed by atoms with Crippen molar-refractivity contribution in [2.75, 3.05) is 14.2 Å². The van der Waals surface area contributed by atoms with Crippen molar-refractivity contribution in [3.63, 3.8) is 0 Å². The molecule has 0 aliphatic heterocycles. The molecular formula is C25H26F3N3O4. The fraction of sp³-hybridized carbons (Fsp3) is 0.400. The number of benzene rings is 2. The number of amides is 1. The Labute approximate surface area is 200 Å². The second-order valence-corrected chi connectivity index (χ2v) is 8.65. The Balaban J connectivity index is 1.51. The molecule has 0 saturated heterocycles. The number of carbonyl (C=O) groups excluding carboxylic acids is 1. The summed E-state index contributed by atoms with van der Waals surface area (Å²) in [4.78, 5) is 29.8. The van der Waals surface area contributed by atoms with Crippen molar-refractivity contribution in [3.05, 3.63) is 64.7 Å². The summed E-state index contributed by atoms with van der Waals surface area (Å²) < 4.78 is 51.3. The maximum Gasteiger partial charge on any atom is 0.471 e. The molecule has 0 N–H and O–H groups in total. The highest BCUT2D eigenvalue weighted by molar-refractivity contribution is 5.82. The average molecular weight is 489 g/mol. The standard InChI is InChI=1S/C25H26F3N3O4/c1-30(24(33)25(26,27)28)17-8-10-18(11-9-17)35-22-12-19-20(13-21(22)34-2)29-15-31(23(19)32)14-16-6-4-3-5-7-16/h3-7,12-13,15,17-18H,8-11,14H2,1-2H3. The highest BCUT2D eigenvalue weighted by Gasteiger charge is 2.43. The first-order valence-electron chi connectivity index (χ1n) is 11.3. The van der Waals surface area contributed by atoms with E-state index in [9.17, 15) is 22.8 Å². The van der Waals surface area contributed by atoms with Crippen LogP contribution in [-0.2, 0) is 11.3 Å². The van der Waals surface area contributed by atoms with Gasteiger partial charge in [-0.2, -0.15) is 13.2 Å². The molecule has 0 radical (unpaired) electrons. The predicted molar refractivity (Wildman–Crippen MR) is 124 cm³/mol. The Morgan fingerprint density at radius 3 is 2.43 bits per heavy atom. The number of rotatable bonds is 6. The number of hydrogen-bond acceptors (Lipinski definition) is 5. The van der Waals surface area contributed by atoms with Crippen molar-refractivity contribution in [1.29, 1.82) is 0 Å². The van der Waals surface area contributed by atoms with Crippen LogP contribution in [0.3, 0.4) is 0 Å². The van der Waals surface area contributed by atoms with Crippen molar-refractivity contribution in [3.8, 4) is 11.5 Å². The number of hydrogen-bond donors (Lipinski definition) is 0. The minimum Gasteiger partial charge on any atom is -0.493 e. The number of carbonyl (C=O) groups is 1. The molecule has 0 unspecified atom stereocenters. The highest BCUT2D eigenvalue weighted by atomic mass is 19.4. The summed E-state index contributed by atoms with van der Waals surface area (Å²) in [6, 6.07) is 12.3. The molecule has 1 aliphatic carbocycles. The largest absolute Gasteiger partial charge is 0.493 e. The van der Waals surface area contributed by atoms with Gasteiger partial charge in [-0.05, 0) is 37.3 Å². The zero-order chi connectivity index (χ0) is 25.2. The normalized spacial score (nSPS) is 18.3. The molecule has 35 heavy (non-hydrogen) atoms. The molecule has 10 heteroatoms. The van der Waals surface area contributed by atoms with Gasteiger partial charge in [-0.1, -0.05) is 30.3 Å². The molecule has 1 aromatic heterocycles. The van der Waals surface area contributed by atoms with Crippen LogP contribution in [0.15, 0.2) is 53.6 Å². The minimum atomic E-state index is -4.89. The number of methoxy groups -OCH3 is 1. The maximum absolute atomic E-state index is 13.1. The molecule has 4 rings (SSSR count).